The molecule has 1 aromatic rings. The molecule has 0 fully saturated rings. The average Bonchev–Trinajstić information content (AvgIpc) is 3.14. The van der Waals surface area contributed by atoms with Gasteiger partial charge in [-0.15, -0.1) is 23.5 Å². The van der Waals surface area contributed by atoms with Crippen molar-refractivity contribution >= 4 is 23.5 Å². The molecule has 0 saturated heterocycles. The summed E-state index contributed by atoms with van der Waals surface area (Å²) in [5.74, 6) is 3.29. The molecule has 0 unspecified atom stereocenters. The van der Waals surface area contributed by atoms with Gasteiger partial charge in [-0.2, -0.15) is 0 Å². The normalized spacial score (nSPS) is 24.3. The van der Waals surface area contributed by atoms with Crippen LogP contribution in [0.4, 0.5) is 0 Å². The Hall–Kier alpha value is -1.000. The highest BCUT2D eigenvalue weighted by molar-refractivity contribution is 8.21. The first kappa shape index (κ1) is 16.8. The molecule has 1 aromatic carbocycles. The second-order valence-electron chi connectivity index (χ2n) is 6.05. The van der Waals surface area contributed by atoms with E-state index in [0.29, 0.717) is 17.8 Å². The lowest BCUT2D eigenvalue weighted by Gasteiger charge is -2.23. The molecule has 0 heterocycles. The van der Waals surface area contributed by atoms with Crippen molar-refractivity contribution in [3.05, 3.63) is 45.2 Å². The van der Waals surface area contributed by atoms with Gasteiger partial charge in [0.15, 0.2) is 11.5 Å². The number of ether oxygens (including phenoxy) is 2. The summed E-state index contributed by atoms with van der Waals surface area (Å²) in [5, 5.41) is 0. The van der Waals surface area contributed by atoms with E-state index in [2.05, 4.69) is 43.7 Å². The molecule has 2 nitrogen and oxygen atoms in total. The first-order valence-electron chi connectivity index (χ1n) is 7.87. The maximum absolute atomic E-state index is 5.56. The maximum atomic E-state index is 5.56. The van der Waals surface area contributed by atoms with Crippen LogP contribution < -0.4 is 9.47 Å². The Morgan fingerprint density at radius 1 is 1.04 bits per heavy atom. The summed E-state index contributed by atoms with van der Waals surface area (Å²) in [6, 6.07) is 4.39. The van der Waals surface area contributed by atoms with E-state index in [-0.39, 0.29) is 0 Å². The molecule has 124 valence electrons. The molecule has 4 heteroatoms. The topological polar surface area (TPSA) is 18.5 Å². The number of thioether (sulfide) groups is 2. The molecule has 0 spiro atoms. The SMILES string of the molecule is COc1cc2c(cc1OC)[C@@H](C(C)=C(SC)SC)[C@@H]1CC=C[C@H]21. The van der Waals surface area contributed by atoms with E-state index < -0.39 is 0 Å². The van der Waals surface area contributed by atoms with Crippen molar-refractivity contribution in [3.63, 3.8) is 0 Å². The molecule has 0 radical (unpaired) electrons. The van der Waals surface area contributed by atoms with Crippen LogP contribution in [0.3, 0.4) is 0 Å². The van der Waals surface area contributed by atoms with Crippen LogP contribution in [-0.2, 0) is 0 Å². The van der Waals surface area contributed by atoms with E-state index in [4.69, 9.17) is 9.47 Å². The largest absolute Gasteiger partial charge is 0.493 e. The van der Waals surface area contributed by atoms with Crippen molar-refractivity contribution in [2.45, 2.75) is 25.2 Å². The van der Waals surface area contributed by atoms with Crippen LogP contribution in [0.2, 0.25) is 0 Å². The first-order chi connectivity index (χ1) is 11.2. The van der Waals surface area contributed by atoms with E-state index in [1.165, 1.54) is 20.9 Å². The molecule has 3 atom stereocenters. The number of benzene rings is 1. The summed E-state index contributed by atoms with van der Waals surface area (Å²) < 4.78 is 12.5. The van der Waals surface area contributed by atoms with Crippen LogP contribution in [0.25, 0.3) is 0 Å². The summed E-state index contributed by atoms with van der Waals surface area (Å²) in [7, 11) is 3.43. The average molecular weight is 349 g/mol. The van der Waals surface area contributed by atoms with E-state index in [1.54, 1.807) is 14.2 Å². The summed E-state index contributed by atoms with van der Waals surface area (Å²) in [5.41, 5.74) is 4.32. The number of hydrogen-bond donors (Lipinski definition) is 0. The van der Waals surface area contributed by atoms with Gasteiger partial charge in [0.25, 0.3) is 0 Å². The highest BCUT2D eigenvalue weighted by Crippen LogP contribution is 2.57. The molecule has 23 heavy (non-hydrogen) atoms. The lowest BCUT2D eigenvalue weighted by molar-refractivity contribution is 0.354. The van der Waals surface area contributed by atoms with Crippen molar-refractivity contribution in [1.29, 1.82) is 0 Å². The standard InChI is InChI=1S/C19H24O2S2/c1-11(19(22-4)23-5)18-13-8-6-7-12(13)14-9-16(20-2)17(21-3)10-15(14)18/h6-7,9-10,12-13,18H,8H2,1-5H3/t12-,13+,18-/m0/s1. The minimum atomic E-state index is 0.472. The second kappa shape index (κ2) is 6.86. The third kappa shape index (κ3) is 2.70. The van der Waals surface area contributed by atoms with Gasteiger partial charge in [-0.05, 0) is 60.6 Å². The molecule has 0 N–H and O–H groups in total. The fourth-order valence-electron chi connectivity index (χ4n) is 4.14. The number of methoxy groups -OCH3 is 2. The molecule has 2 aliphatic carbocycles. The first-order valence-corrected chi connectivity index (χ1v) is 10.3. The summed E-state index contributed by atoms with van der Waals surface area (Å²) in [6.45, 7) is 2.30. The minimum absolute atomic E-state index is 0.472. The Labute approximate surface area is 147 Å². The van der Waals surface area contributed by atoms with Gasteiger partial charge in [-0.1, -0.05) is 12.2 Å². The molecule has 0 saturated carbocycles. The van der Waals surface area contributed by atoms with Gasteiger partial charge in [0.1, 0.15) is 0 Å². The van der Waals surface area contributed by atoms with Gasteiger partial charge in [-0.3, -0.25) is 0 Å². The summed E-state index contributed by atoms with van der Waals surface area (Å²) in [6.07, 6.45) is 10.2. The zero-order chi connectivity index (χ0) is 16.6. The molecule has 0 aliphatic heterocycles. The van der Waals surface area contributed by atoms with Crippen molar-refractivity contribution in [1.82, 2.24) is 0 Å². The highest BCUT2D eigenvalue weighted by atomic mass is 32.2. The third-order valence-corrected chi connectivity index (χ3v) is 7.47. The van der Waals surface area contributed by atoms with Crippen LogP contribution in [0.5, 0.6) is 11.5 Å². The Balaban J connectivity index is 2.16. The van der Waals surface area contributed by atoms with Gasteiger partial charge in [0, 0.05) is 16.1 Å². The number of rotatable bonds is 5. The van der Waals surface area contributed by atoms with Crippen LogP contribution in [0, 0.1) is 5.92 Å². The van der Waals surface area contributed by atoms with Gasteiger partial charge >= 0.3 is 0 Å². The highest BCUT2D eigenvalue weighted by Gasteiger charge is 2.43. The number of allylic oxidation sites excluding steroid dienone is 3. The van der Waals surface area contributed by atoms with Crippen LogP contribution in [0.1, 0.15) is 36.3 Å². The van der Waals surface area contributed by atoms with E-state index >= 15 is 0 Å². The Kier molecular flexibility index (Phi) is 5.02. The van der Waals surface area contributed by atoms with Gasteiger partial charge in [0.2, 0.25) is 0 Å². The lowest BCUT2D eigenvalue weighted by Crippen LogP contribution is -2.09. The molecule has 3 rings (SSSR count). The Morgan fingerprint density at radius 3 is 2.22 bits per heavy atom. The predicted octanol–water partition coefficient (Wildman–Crippen LogP) is 5.42. The van der Waals surface area contributed by atoms with Crippen molar-refractivity contribution in [2.75, 3.05) is 26.7 Å². The van der Waals surface area contributed by atoms with Crippen LogP contribution in [0.15, 0.2) is 34.1 Å². The second-order valence-corrected chi connectivity index (χ2v) is 7.94. The molecular weight excluding hydrogens is 324 g/mol. The minimum Gasteiger partial charge on any atom is -0.493 e. The number of hydrogen-bond acceptors (Lipinski definition) is 4. The fourth-order valence-corrected chi connectivity index (χ4v) is 5.70. The van der Waals surface area contributed by atoms with Crippen molar-refractivity contribution in [3.8, 4) is 11.5 Å². The zero-order valence-electron chi connectivity index (χ0n) is 14.4. The molecular formula is C19H24O2S2. The summed E-state index contributed by atoms with van der Waals surface area (Å²) in [4.78, 5) is 0. The summed E-state index contributed by atoms with van der Waals surface area (Å²) >= 11 is 3.72. The van der Waals surface area contributed by atoms with E-state index in [9.17, 15) is 0 Å². The van der Waals surface area contributed by atoms with Gasteiger partial charge in [0.05, 0.1) is 14.2 Å². The molecule has 0 amide bonds. The molecule has 2 aliphatic rings. The zero-order valence-corrected chi connectivity index (χ0v) is 16.0. The van der Waals surface area contributed by atoms with Crippen molar-refractivity contribution in [2.24, 2.45) is 5.92 Å². The monoisotopic (exact) mass is 348 g/mol. The molecule has 0 bridgehead atoms. The lowest BCUT2D eigenvalue weighted by atomic mass is 9.84. The van der Waals surface area contributed by atoms with Gasteiger partial charge in [-0.25, -0.2) is 0 Å². The van der Waals surface area contributed by atoms with Crippen molar-refractivity contribution < 1.29 is 9.47 Å². The third-order valence-electron chi connectivity index (χ3n) is 5.08. The molecule has 0 aromatic heterocycles. The fraction of sp³-hybridized carbons (Fsp3) is 0.474. The van der Waals surface area contributed by atoms with Crippen LogP contribution in [-0.4, -0.2) is 26.7 Å². The Morgan fingerprint density at radius 2 is 1.65 bits per heavy atom. The Bertz CT molecular complexity index is 658. The maximum Gasteiger partial charge on any atom is 0.161 e. The van der Waals surface area contributed by atoms with Gasteiger partial charge < -0.3 is 9.47 Å². The number of fused-ring (bicyclic) bond motifs is 3. The van der Waals surface area contributed by atoms with Crippen LogP contribution >= 0.6 is 23.5 Å². The predicted molar refractivity (Wildman–Crippen MR) is 102 cm³/mol. The van der Waals surface area contributed by atoms with E-state index in [0.717, 1.165) is 17.9 Å². The smallest absolute Gasteiger partial charge is 0.161 e. The quantitative estimate of drug-likeness (QED) is 0.661. The van der Waals surface area contributed by atoms with E-state index in [1.807, 2.05) is 23.5 Å².